The second-order valence-electron chi connectivity index (χ2n) is 5.67. The second-order valence-corrected chi connectivity index (χ2v) is 5.67. The van der Waals surface area contributed by atoms with Crippen LogP contribution in [0.2, 0.25) is 0 Å². The van der Waals surface area contributed by atoms with E-state index < -0.39 is 0 Å². The van der Waals surface area contributed by atoms with Crippen molar-refractivity contribution in [1.82, 2.24) is 10.3 Å². The van der Waals surface area contributed by atoms with Crippen LogP contribution in [0.3, 0.4) is 0 Å². The summed E-state index contributed by atoms with van der Waals surface area (Å²) >= 11 is 0. The van der Waals surface area contributed by atoms with Gasteiger partial charge in [-0.25, -0.2) is 0 Å². The summed E-state index contributed by atoms with van der Waals surface area (Å²) in [5, 5.41) is 6.40. The van der Waals surface area contributed by atoms with Crippen LogP contribution in [-0.2, 0) is 4.79 Å². The maximum atomic E-state index is 12.4. The first-order valence-electron chi connectivity index (χ1n) is 7.33. The van der Waals surface area contributed by atoms with Crippen molar-refractivity contribution in [1.29, 1.82) is 0 Å². The number of carbonyl (C=O) groups excluding carboxylic acids is 1. The highest BCUT2D eigenvalue weighted by atomic mass is 35.5. The number of fused-ring (bicyclic) bond motifs is 1. The van der Waals surface area contributed by atoms with Crippen molar-refractivity contribution in [2.45, 2.75) is 44.2 Å². The Morgan fingerprint density at radius 1 is 1.36 bits per heavy atom. The van der Waals surface area contributed by atoms with Crippen molar-refractivity contribution in [2.24, 2.45) is 5.92 Å². The van der Waals surface area contributed by atoms with Gasteiger partial charge in [0.25, 0.3) is 0 Å². The molecule has 1 amide bonds. The summed E-state index contributed by atoms with van der Waals surface area (Å²) in [6.45, 7) is 0. The lowest BCUT2D eigenvalue weighted by molar-refractivity contribution is -0.117. The van der Waals surface area contributed by atoms with Crippen molar-refractivity contribution in [3.8, 4) is 5.75 Å². The number of amides is 1. The van der Waals surface area contributed by atoms with E-state index in [0.717, 1.165) is 6.42 Å². The van der Waals surface area contributed by atoms with Gasteiger partial charge in [-0.15, -0.1) is 24.8 Å². The highest BCUT2D eigenvalue weighted by molar-refractivity contribution is 5.96. The van der Waals surface area contributed by atoms with E-state index in [1.807, 2.05) is 0 Å². The van der Waals surface area contributed by atoms with Gasteiger partial charge in [0.2, 0.25) is 5.91 Å². The number of rotatable bonds is 3. The SMILES string of the molecule is COc1ccncc1NC(=O)C1CC2CCCCC2N1.Cl.Cl. The van der Waals surface area contributed by atoms with Crippen LogP contribution >= 0.6 is 24.8 Å². The number of methoxy groups -OCH3 is 1. The molecule has 2 fully saturated rings. The Morgan fingerprint density at radius 3 is 2.86 bits per heavy atom. The number of ether oxygens (including phenoxy) is 1. The number of nitrogens with one attached hydrogen (secondary N) is 2. The highest BCUT2D eigenvalue weighted by Gasteiger charge is 2.38. The first-order valence-corrected chi connectivity index (χ1v) is 7.33. The van der Waals surface area contributed by atoms with Gasteiger partial charge >= 0.3 is 0 Å². The average molecular weight is 348 g/mol. The quantitative estimate of drug-likeness (QED) is 0.882. The molecule has 2 N–H and O–H groups in total. The number of pyridine rings is 1. The van der Waals surface area contributed by atoms with Gasteiger partial charge in [0.1, 0.15) is 11.4 Å². The third-order valence-electron chi connectivity index (χ3n) is 4.44. The van der Waals surface area contributed by atoms with Crippen LogP contribution in [-0.4, -0.2) is 30.1 Å². The van der Waals surface area contributed by atoms with Crippen LogP contribution in [0.1, 0.15) is 32.1 Å². The molecule has 1 aromatic rings. The fourth-order valence-electron chi connectivity index (χ4n) is 3.39. The van der Waals surface area contributed by atoms with E-state index in [2.05, 4.69) is 15.6 Å². The first kappa shape index (κ1) is 19.0. The van der Waals surface area contributed by atoms with Crippen LogP contribution in [0.4, 0.5) is 5.69 Å². The van der Waals surface area contributed by atoms with Gasteiger partial charge in [0.15, 0.2) is 0 Å². The molecule has 7 heteroatoms. The second kappa shape index (κ2) is 8.56. The summed E-state index contributed by atoms with van der Waals surface area (Å²) in [6, 6.07) is 2.18. The summed E-state index contributed by atoms with van der Waals surface area (Å²) in [5.74, 6) is 1.32. The van der Waals surface area contributed by atoms with Gasteiger partial charge < -0.3 is 15.4 Å². The number of hydrogen-bond donors (Lipinski definition) is 2. The third-order valence-corrected chi connectivity index (χ3v) is 4.44. The summed E-state index contributed by atoms with van der Waals surface area (Å²) < 4.78 is 5.23. The van der Waals surface area contributed by atoms with Crippen molar-refractivity contribution in [3.63, 3.8) is 0 Å². The zero-order valence-electron chi connectivity index (χ0n) is 12.6. The molecule has 1 saturated carbocycles. The van der Waals surface area contributed by atoms with Gasteiger partial charge in [-0.05, 0) is 25.2 Å². The highest BCUT2D eigenvalue weighted by Crippen LogP contribution is 2.33. The van der Waals surface area contributed by atoms with Crippen molar-refractivity contribution in [3.05, 3.63) is 18.5 Å². The van der Waals surface area contributed by atoms with Crippen LogP contribution in [0.25, 0.3) is 0 Å². The van der Waals surface area contributed by atoms with Crippen LogP contribution < -0.4 is 15.4 Å². The molecule has 1 aromatic heterocycles. The van der Waals surface area contributed by atoms with Gasteiger partial charge in [-0.2, -0.15) is 0 Å². The van der Waals surface area contributed by atoms with E-state index in [1.54, 1.807) is 25.6 Å². The molecule has 2 aliphatic rings. The van der Waals surface area contributed by atoms with Crippen LogP contribution in [0, 0.1) is 5.92 Å². The smallest absolute Gasteiger partial charge is 0.241 e. The fourth-order valence-corrected chi connectivity index (χ4v) is 3.39. The number of hydrogen-bond acceptors (Lipinski definition) is 4. The third kappa shape index (κ3) is 4.03. The minimum Gasteiger partial charge on any atom is -0.494 e. The molecule has 22 heavy (non-hydrogen) atoms. The Kier molecular flexibility index (Phi) is 7.39. The zero-order valence-corrected chi connectivity index (χ0v) is 14.2. The lowest BCUT2D eigenvalue weighted by Gasteiger charge is -2.24. The Bertz CT molecular complexity index is 487. The van der Waals surface area contributed by atoms with Crippen molar-refractivity contribution in [2.75, 3.05) is 12.4 Å². The molecular weight excluding hydrogens is 325 g/mol. The fraction of sp³-hybridized carbons (Fsp3) is 0.600. The first-order chi connectivity index (χ1) is 9.78. The van der Waals surface area contributed by atoms with E-state index >= 15 is 0 Å². The van der Waals surface area contributed by atoms with Crippen molar-refractivity contribution >= 4 is 36.4 Å². The maximum absolute atomic E-state index is 12.4. The van der Waals surface area contributed by atoms with Gasteiger partial charge in [0.05, 0.1) is 19.3 Å². The molecule has 0 spiro atoms. The number of carbonyl (C=O) groups is 1. The normalized spacial score (nSPS) is 26.1. The Labute approximate surface area is 143 Å². The molecule has 1 aliphatic heterocycles. The summed E-state index contributed by atoms with van der Waals surface area (Å²) in [5.41, 5.74) is 0.636. The van der Waals surface area contributed by atoms with Crippen LogP contribution in [0.5, 0.6) is 5.75 Å². The van der Waals surface area contributed by atoms with Gasteiger partial charge in [-0.3, -0.25) is 9.78 Å². The molecule has 1 aliphatic carbocycles. The van der Waals surface area contributed by atoms with Crippen LogP contribution in [0.15, 0.2) is 18.5 Å². The standard InChI is InChI=1S/C15H21N3O2.2ClH/c1-20-14-6-7-16-9-13(14)18-15(19)12-8-10-4-2-3-5-11(10)17-12;;/h6-7,9-12,17H,2-5,8H2,1H3,(H,18,19);2*1H. The van der Waals surface area contributed by atoms with E-state index in [9.17, 15) is 4.79 Å². The molecule has 3 atom stereocenters. The lowest BCUT2D eigenvalue weighted by atomic mass is 9.85. The molecule has 0 radical (unpaired) electrons. The molecule has 3 unspecified atom stereocenters. The largest absolute Gasteiger partial charge is 0.494 e. The molecule has 124 valence electrons. The Balaban J connectivity index is 0.00000121. The van der Waals surface area contributed by atoms with Gasteiger partial charge in [-0.1, -0.05) is 12.8 Å². The monoisotopic (exact) mass is 347 g/mol. The molecule has 0 bridgehead atoms. The van der Waals surface area contributed by atoms with E-state index in [-0.39, 0.29) is 36.8 Å². The molecule has 1 saturated heterocycles. The predicted molar refractivity (Wildman–Crippen MR) is 91.2 cm³/mol. The van der Waals surface area contributed by atoms with Crippen molar-refractivity contribution < 1.29 is 9.53 Å². The lowest BCUT2D eigenvalue weighted by Crippen LogP contribution is -2.39. The minimum atomic E-state index is -0.0898. The molecule has 3 rings (SSSR count). The number of aromatic nitrogens is 1. The number of halogens is 2. The van der Waals surface area contributed by atoms with E-state index in [0.29, 0.717) is 23.4 Å². The van der Waals surface area contributed by atoms with E-state index in [4.69, 9.17) is 4.74 Å². The summed E-state index contributed by atoms with van der Waals surface area (Å²) in [6.07, 6.45) is 9.24. The minimum absolute atomic E-state index is 0. The number of anilines is 1. The summed E-state index contributed by atoms with van der Waals surface area (Å²) in [4.78, 5) is 16.4. The molecule has 0 aromatic carbocycles. The zero-order chi connectivity index (χ0) is 13.9. The molecular formula is C15H23Cl2N3O2. The maximum Gasteiger partial charge on any atom is 0.241 e. The number of nitrogens with zero attached hydrogens (tertiary/aromatic N) is 1. The topological polar surface area (TPSA) is 63.2 Å². The molecule has 2 heterocycles. The Hall–Kier alpha value is -1.04. The summed E-state index contributed by atoms with van der Waals surface area (Å²) in [7, 11) is 1.59. The average Bonchev–Trinajstić information content (AvgIpc) is 2.92. The van der Waals surface area contributed by atoms with E-state index in [1.165, 1.54) is 25.7 Å². The molecule has 5 nitrogen and oxygen atoms in total. The van der Waals surface area contributed by atoms with Gasteiger partial charge in [0, 0.05) is 18.3 Å². The predicted octanol–water partition coefficient (Wildman–Crippen LogP) is 2.79. The Morgan fingerprint density at radius 2 is 2.14 bits per heavy atom.